The molecule has 6 heteroatoms. The SMILES string of the molecule is CC(C)(C)OC(=O)N[C@H](Cc1ccccc1F)C(=O)[O-]. The Morgan fingerprint density at radius 1 is 1.35 bits per heavy atom. The van der Waals surface area contributed by atoms with Gasteiger partial charge in [-0.25, -0.2) is 9.18 Å². The van der Waals surface area contributed by atoms with Gasteiger partial charge in [-0.1, -0.05) is 18.2 Å². The molecular formula is C14H17FNO4-. The lowest BCUT2D eigenvalue weighted by Crippen LogP contribution is -2.50. The van der Waals surface area contributed by atoms with Crippen LogP contribution in [0, 0.1) is 5.82 Å². The van der Waals surface area contributed by atoms with E-state index in [4.69, 9.17) is 4.74 Å². The Labute approximate surface area is 116 Å². The molecule has 5 nitrogen and oxygen atoms in total. The fraction of sp³-hybridized carbons (Fsp3) is 0.429. The molecule has 0 radical (unpaired) electrons. The van der Waals surface area contributed by atoms with E-state index in [0.29, 0.717) is 0 Å². The smallest absolute Gasteiger partial charge is 0.408 e. The number of benzene rings is 1. The summed E-state index contributed by atoms with van der Waals surface area (Å²) in [4.78, 5) is 22.5. The second-order valence-electron chi connectivity index (χ2n) is 5.31. The van der Waals surface area contributed by atoms with Crippen LogP contribution in [0.2, 0.25) is 0 Å². The molecule has 1 aromatic rings. The summed E-state index contributed by atoms with van der Waals surface area (Å²) in [7, 11) is 0. The normalized spacial score (nSPS) is 12.6. The maximum atomic E-state index is 13.5. The first-order chi connectivity index (χ1) is 9.19. The van der Waals surface area contributed by atoms with Crippen LogP contribution in [0.5, 0.6) is 0 Å². The minimum Gasteiger partial charge on any atom is -0.548 e. The average Bonchev–Trinajstić information content (AvgIpc) is 2.28. The standard InChI is InChI=1S/C14H18FNO4/c1-14(2,3)20-13(19)16-11(12(17)18)8-9-6-4-5-7-10(9)15/h4-7,11H,8H2,1-3H3,(H,16,19)(H,17,18)/p-1/t11-/m1/s1. The number of carboxylic acid groups (broad SMARTS) is 1. The molecule has 1 rings (SSSR count). The van der Waals surface area contributed by atoms with Crippen molar-refractivity contribution in [2.24, 2.45) is 0 Å². The Bertz CT molecular complexity index is 496. The Morgan fingerprint density at radius 2 is 1.95 bits per heavy atom. The summed E-state index contributed by atoms with van der Waals surface area (Å²) in [5.74, 6) is -2.04. The molecule has 0 aliphatic heterocycles. The zero-order valence-corrected chi connectivity index (χ0v) is 11.6. The van der Waals surface area contributed by atoms with Gasteiger partial charge in [0.25, 0.3) is 0 Å². The van der Waals surface area contributed by atoms with E-state index in [1.165, 1.54) is 18.2 Å². The zero-order chi connectivity index (χ0) is 15.3. The van der Waals surface area contributed by atoms with Gasteiger partial charge in [-0.3, -0.25) is 0 Å². The Morgan fingerprint density at radius 3 is 2.45 bits per heavy atom. The van der Waals surface area contributed by atoms with E-state index < -0.39 is 29.5 Å². The van der Waals surface area contributed by atoms with Gasteiger partial charge in [0, 0.05) is 6.42 Å². The van der Waals surface area contributed by atoms with E-state index in [1.54, 1.807) is 26.8 Å². The van der Waals surface area contributed by atoms with Gasteiger partial charge in [-0.15, -0.1) is 0 Å². The highest BCUT2D eigenvalue weighted by Gasteiger charge is 2.21. The van der Waals surface area contributed by atoms with Crippen molar-refractivity contribution in [3.63, 3.8) is 0 Å². The lowest BCUT2D eigenvalue weighted by molar-refractivity contribution is -0.308. The fourth-order valence-electron chi connectivity index (χ4n) is 1.53. The summed E-state index contributed by atoms with van der Waals surface area (Å²) in [5.41, 5.74) is -0.573. The third kappa shape index (κ3) is 5.26. The highest BCUT2D eigenvalue weighted by Crippen LogP contribution is 2.10. The van der Waals surface area contributed by atoms with Crippen molar-refractivity contribution in [2.45, 2.75) is 38.8 Å². The molecule has 0 aliphatic carbocycles. The van der Waals surface area contributed by atoms with E-state index in [9.17, 15) is 19.1 Å². The van der Waals surface area contributed by atoms with Gasteiger partial charge in [0.1, 0.15) is 11.4 Å². The largest absolute Gasteiger partial charge is 0.548 e. The molecule has 1 N–H and O–H groups in total. The van der Waals surface area contributed by atoms with Crippen LogP contribution in [0.3, 0.4) is 0 Å². The molecule has 0 unspecified atom stereocenters. The molecule has 0 aliphatic rings. The molecule has 0 bridgehead atoms. The van der Waals surface area contributed by atoms with E-state index in [1.807, 2.05) is 0 Å². The van der Waals surface area contributed by atoms with Gasteiger partial charge in [-0.2, -0.15) is 0 Å². The summed E-state index contributed by atoms with van der Waals surface area (Å²) in [6.45, 7) is 4.95. The lowest BCUT2D eigenvalue weighted by Gasteiger charge is -2.24. The molecule has 0 saturated carbocycles. The van der Waals surface area contributed by atoms with Gasteiger partial charge < -0.3 is 20.0 Å². The van der Waals surface area contributed by atoms with Crippen LogP contribution < -0.4 is 10.4 Å². The lowest BCUT2D eigenvalue weighted by atomic mass is 10.1. The second kappa shape index (κ2) is 6.36. The van der Waals surface area contributed by atoms with Crippen LogP contribution in [-0.4, -0.2) is 23.7 Å². The summed E-state index contributed by atoms with van der Waals surface area (Å²) in [6, 6.07) is 4.38. The zero-order valence-electron chi connectivity index (χ0n) is 11.6. The highest BCUT2D eigenvalue weighted by atomic mass is 19.1. The molecular weight excluding hydrogens is 265 g/mol. The number of rotatable bonds is 4. The minimum absolute atomic E-state index is 0.178. The van der Waals surface area contributed by atoms with Gasteiger partial charge in [0.15, 0.2) is 0 Å². The summed E-state index contributed by atoms with van der Waals surface area (Å²) in [6.07, 6.45) is -1.10. The minimum atomic E-state index is -1.50. The number of aliphatic carboxylic acids is 1. The number of ether oxygens (including phenoxy) is 1. The second-order valence-corrected chi connectivity index (χ2v) is 5.31. The van der Waals surface area contributed by atoms with Gasteiger partial charge in [0.05, 0.1) is 12.0 Å². The predicted octanol–water partition coefficient (Wildman–Crippen LogP) is 1.01. The number of amides is 1. The first-order valence-electron chi connectivity index (χ1n) is 6.13. The average molecular weight is 282 g/mol. The Kier molecular flexibility index (Phi) is 5.07. The van der Waals surface area contributed by atoms with Crippen LogP contribution in [0.15, 0.2) is 24.3 Å². The molecule has 1 aromatic carbocycles. The first-order valence-corrected chi connectivity index (χ1v) is 6.13. The number of alkyl carbamates (subject to hydrolysis) is 1. The summed E-state index contributed by atoms with van der Waals surface area (Å²) >= 11 is 0. The molecule has 0 spiro atoms. The topological polar surface area (TPSA) is 78.5 Å². The molecule has 0 aromatic heterocycles. The van der Waals surface area contributed by atoms with Crippen LogP contribution in [-0.2, 0) is 16.0 Å². The number of carbonyl (C=O) groups excluding carboxylic acids is 2. The fourth-order valence-corrected chi connectivity index (χ4v) is 1.53. The van der Waals surface area contributed by atoms with Crippen molar-refractivity contribution in [1.29, 1.82) is 0 Å². The molecule has 110 valence electrons. The third-order valence-corrected chi connectivity index (χ3v) is 2.36. The number of hydrogen-bond donors (Lipinski definition) is 1. The van der Waals surface area contributed by atoms with Crippen molar-refractivity contribution in [3.8, 4) is 0 Å². The Balaban J connectivity index is 2.74. The monoisotopic (exact) mass is 282 g/mol. The van der Waals surface area contributed by atoms with Gasteiger partial charge >= 0.3 is 6.09 Å². The van der Waals surface area contributed by atoms with E-state index >= 15 is 0 Å². The molecule has 0 saturated heterocycles. The molecule has 1 atom stereocenters. The summed E-state index contributed by atoms with van der Waals surface area (Å²) < 4.78 is 18.4. The van der Waals surface area contributed by atoms with Crippen molar-refractivity contribution in [3.05, 3.63) is 35.6 Å². The van der Waals surface area contributed by atoms with Crippen molar-refractivity contribution < 1.29 is 23.8 Å². The highest BCUT2D eigenvalue weighted by molar-refractivity contribution is 5.79. The van der Waals surface area contributed by atoms with Crippen LogP contribution >= 0.6 is 0 Å². The quantitative estimate of drug-likeness (QED) is 0.894. The van der Waals surface area contributed by atoms with E-state index in [-0.39, 0.29) is 12.0 Å². The van der Waals surface area contributed by atoms with Crippen LogP contribution in [0.25, 0.3) is 0 Å². The van der Waals surface area contributed by atoms with E-state index in [2.05, 4.69) is 5.32 Å². The van der Waals surface area contributed by atoms with E-state index in [0.717, 1.165) is 0 Å². The van der Waals surface area contributed by atoms with Crippen molar-refractivity contribution in [1.82, 2.24) is 5.32 Å². The third-order valence-electron chi connectivity index (χ3n) is 2.36. The Hall–Kier alpha value is -2.11. The maximum Gasteiger partial charge on any atom is 0.408 e. The maximum absolute atomic E-state index is 13.5. The molecule has 20 heavy (non-hydrogen) atoms. The van der Waals surface area contributed by atoms with Crippen molar-refractivity contribution in [2.75, 3.05) is 0 Å². The summed E-state index contributed by atoms with van der Waals surface area (Å²) in [5, 5.41) is 13.2. The van der Waals surface area contributed by atoms with Gasteiger partial charge in [0.2, 0.25) is 0 Å². The molecule has 0 heterocycles. The van der Waals surface area contributed by atoms with Crippen LogP contribution in [0.1, 0.15) is 26.3 Å². The first kappa shape index (κ1) is 15.9. The number of carboxylic acids is 1. The predicted molar refractivity (Wildman–Crippen MR) is 68.3 cm³/mol. The van der Waals surface area contributed by atoms with Crippen molar-refractivity contribution >= 4 is 12.1 Å². The number of halogens is 1. The van der Waals surface area contributed by atoms with Crippen LogP contribution in [0.4, 0.5) is 9.18 Å². The number of nitrogens with one attached hydrogen (secondary N) is 1. The molecule has 1 amide bonds. The molecule has 0 fully saturated rings. The number of carbonyl (C=O) groups is 2. The number of hydrogen-bond acceptors (Lipinski definition) is 4. The van der Waals surface area contributed by atoms with Gasteiger partial charge in [-0.05, 0) is 32.4 Å².